The van der Waals surface area contributed by atoms with Gasteiger partial charge in [-0.05, 0) is 23.8 Å². The van der Waals surface area contributed by atoms with E-state index in [-0.39, 0.29) is 0 Å². The Morgan fingerprint density at radius 3 is 2.45 bits per heavy atom. The van der Waals surface area contributed by atoms with Gasteiger partial charge in [0.25, 0.3) is 0 Å². The van der Waals surface area contributed by atoms with Crippen LogP contribution in [-0.2, 0) is 9.63 Å². The number of allylic oxidation sites excluding steroid dienone is 2. The summed E-state index contributed by atoms with van der Waals surface area (Å²) in [5.74, 6) is -0.456. The van der Waals surface area contributed by atoms with Crippen LogP contribution in [-0.4, -0.2) is 11.7 Å². The van der Waals surface area contributed by atoms with Gasteiger partial charge >= 0.3 is 5.97 Å². The van der Waals surface area contributed by atoms with Crippen molar-refractivity contribution in [1.82, 2.24) is 0 Å². The highest BCUT2D eigenvalue weighted by Crippen LogP contribution is 2.20. The highest BCUT2D eigenvalue weighted by atomic mass is 35.5. The van der Waals surface area contributed by atoms with Crippen LogP contribution >= 0.6 is 11.6 Å². The van der Waals surface area contributed by atoms with E-state index in [4.69, 9.17) is 16.4 Å². The van der Waals surface area contributed by atoms with Crippen LogP contribution in [0, 0.1) is 0 Å². The van der Waals surface area contributed by atoms with Crippen LogP contribution in [0.5, 0.6) is 0 Å². The first-order valence-electron chi connectivity index (χ1n) is 6.73. The summed E-state index contributed by atoms with van der Waals surface area (Å²) in [5, 5.41) is 4.47. The third-order valence-electron chi connectivity index (χ3n) is 3.16. The standard InChI is InChI=1S/C18H12ClNO2/c19-15-11-9-14(10-12-15)17-16(18(21)22-20-17)8-4-7-13-5-2-1-3-6-13/h1-12H/b7-4+,16-8-. The monoisotopic (exact) mass is 309 g/mol. The van der Waals surface area contributed by atoms with Gasteiger partial charge in [0.05, 0.1) is 5.57 Å². The third-order valence-corrected chi connectivity index (χ3v) is 3.42. The second kappa shape index (κ2) is 6.41. The molecule has 1 aliphatic heterocycles. The molecule has 1 aliphatic rings. The molecule has 0 spiro atoms. The Hall–Kier alpha value is -2.65. The Morgan fingerprint density at radius 2 is 1.73 bits per heavy atom. The first kappa shape index (κ1) is 14.3. The average Bonchev–Trinajstić information content (AvgIpc) is 2.90. The van der Waals surface area contributed by atoms with Gasteiger partial charge in [-0.15, -0.1) is 0 Å². The lowest BCUT2D eigenvalue weighted by molar-refractivity contribution is -0.136. The SMILES string of the molecule is O=C1ON=C(c2ccc(Cl)cc2)/C1=C/C=C/c1ccccc1. The first-order valence-corrected chi connectivity index (χ1v) is 7.11. The molecule has 0 N–H and O–H groups in total. The molecular formula is C18H12ClNO2. The molecule has 0 aromatic heterocycles. The maximum atomic E-state index is 11.8. The summed E-state index contributed by atoms with van der Waals surface area (Å²) >= 11 is 5.87. The molecule has 0 saturated heterocycles. The summed E-state index contributed by atoms with van der Waals surface area (Å²) in [7, 11) is 0. The minimum atomic E-state index is -0.456. The molecule has 0 atom stereocenters. The van der Waals surface area contributed by atoms with E-state index in [0.29, 0.717) is 16.3 Å². The zero-order chi connectivity index (χ0) is 15.4. The number of rotatable bonds is 3. The molecule has 0 amide bonds. The molecular weight excluding hydrogens is 298 g/mol. The fraction of sp³-hybridized carbons (Fsp3) is 0. The van der Waals surface area contributed by atoms with Gasteiger partial charge < -0.3 is 4.84 Å². The third kappa shape index (κ3) is 3.15. The van der Waals surface area contributed by atoms with Gasteiger partial charge in [0.1, 0.15) is 5.71 Å². The number of benzene rings is 2. The van der Waals surface area contributed by atoms with Crippen molar-refractivity contribution in [2.75, 3.05) is 0 Å². The number of oxime groups is 1. The van der Waals surface area contributed by atoms with E-state index >= 15 is 0 Å². The van der Waals surface area contributed by atoms with Crippen LogP contribution in [0.2, 0.25) is 5.02 Å². The first-order chi connectivity index (χ1) is 10.7. The fourth-order valence-electron chi connectivity index (χ4n) is 2.06. The summed E-state index contributed by atoms with van der Waals surface area (Å²) in [5.41, 5.74) is 2.78. The van der Waals surface area contributed by atoms with E-state index in [2.05, 4.69) is 5.16 Å². The molecule has 0 fully saturated rings. The van der Waals surface area contributed by atoms with E-state index in [1.54, 1.807) is 30.3 Å². The van der Waals surface area contributed by atoms with Gasteiger partial charge in [-0.25, -0.2) is 4.79 Å². The van der Waals surface area contributed by atoms with Crippen molar-refractivity contribution < 1.29 is 9.63 Å². The molecule has 2 aromatic rings. The topological polar surface area (TPSA) is 38.7 Å². The highest BCUT2D eigenvalue weighted by molar-refractivity contribution is 6.31. The number of nitrogens with zero attached hydrogens (tertiary/aromatic N) is 1. The average molecular weight is 310 g/mol. The molecule has 2 aromatic carbocycles. The molecule has 0 bridgehead atoms. The van der Waals surface area contributed by atoms with Crippen LogP contribution in [0.1, 0.15) is 11.1 Å². The molecule has 3 nitrogen and oxygen atoms in total. The Bertz CT molecular complexity index is 774. The maximum Gasteiger partial charge on any atom is 0.368 e. The van der Waals surface area contributed by atoms with Crippen molar-refractivity contribution in [2.24, 2.45) is 5.16 Å². The number of hydrogen-bond acceptors (Lipinski definition) is 3. The number of hydrogen-bond donors (Lipinski definition) is 0. The molecule has 0 unspecified atom stereocenters. The molecule has 22 heavy (non-hydrogen) atoms. The summed E-state index contributed by atoms with van der Waals surface area (Å²) in [6, 6.07) is 16.9. The lowest BCUT2D eigenvalue weighted by Crippen LogP contribution is -2.06. The highest BCUT2D eigenvalue weighted by Gasteiger charge is 2.25. The Morgan fingerprint density at radius 1 is 1.00 bits per heavy atom. The minimum absolute atomic E-state index is 0.425. The van der Waals surface area contributed by atoms with Crippen LogP contribution in [0.4, 0.5) is 0 Å². The van der Waals surface area contributed by atoms with Crippen LogP contribution < -0.4 is 0 Å². The zero-order valence-corrected chi connectivity index (χ0v) is 12.3. The van der Waals surface area contributed by atoms with Gasteiger partial charge in [-0.1, -0.05) is 71.4 Å². The second-order valence-corrected chi connectivity index (χ2v) is 5.11. The van der Waals surface area contributed by atoms with Gasteiger partial charge in [0.15, 0.2) is 0 Å². The van der Waals surface area contributed by atoms with Gasteiger partial charge in [-0.3, -0.25) is 0 Å². The van der Waals surface area contributed by atoms with Crippen LogP contribution in [0.3, 0.4) is 0 Å². The zero-order valence-electron chi connectivity index (χ0n) is 11.6. The number of carbonyl (C=O) groups excluding carboxylic acids is 1. The van der Waals surface area contributed by atoms with E-state index < -0.39 is 5.97 Å². The van der Waals surface area contributed by atoms with Crippen LogP contribution in [0.15, 0.2) is 77.5 Å². The van der Waals surface area contributed by atoms with Crippen molar-refractivity contribution >= 4 is 29.4 Å². The predicted octanol–water partition coefficient (Wildman–Crippen LogP) is 4.24. The van der Waals surface area contributed by atoms with Crippen molar-refractivity contribution in [1.29, 1.82) is 0 Å². The largest absolute Gasteiger partial charge is 0.368 e. The lowest BCUT2D eigenvalue weighted by Gasteiger charge is -1.99. The van der Waals surface area contributed by atoms with Gasteiger partial charge in [0, 0.05) is 10.6 Å². The Balaban J connectivity index is 1.86. The summed E-state index contributed by atoms with van der Waals surface area (Å²) in [6.07, 6.45) is 5.43. The number of carbonyl (C=O) groups is 1. The molecule has 108 valence electrons. The normalized spacial score (nSPS) is 16.1. The molecule has 0 saturated carbocycles. The van der Waals surface area contributed by atoms with Gasteiger partial charge in [0.2, 0.25) is 0 Å². The van der Waals surface area contributed by atoms with E-state index in [0.717, 1.165) is 11.1 Å². The van der Waals surface area contributed by atoms with Crippen molar-refractivity contribution in [3.05, 3.63) is 88.5 Å². The van der Waals surface area contributed by atoms with Crippen molar-refractivity contribution in [2.45, 2.75) is 0 Å². The Labute approximate surface area is 133 Å². The summed E-state index contributed by atoms with van der Waals surface area (Å²) < 4.78 is 0. The van der Waals surface area contributed by atoms with E-state index in [1.165, 1.54) is 0 Å². The van der Waals surface area contributed by atoms with Gasteiger partial charge in [-0.2, -0.15) is 0 Å². The van der Waals surface area contributed by atoms with Crippen molar-refractivity contribution in [3.8, 4) is 0 Å². The quantitative estimate of drug-likeness (QED) is 0.628. The van der Waals surface area contributed by atoms with Crippen molar-refractivity contribution in [3.63, 3.8) is 0 Å². The molecule has 1 heterocycles. The van der Waals surface area contributed by atoms with E-state index in [1.807, 2.05) is 42.5 Å². The summed E-state index contributed by atoms with van der Waals surface area (Å²) in [4.78, 5) is 16.6. The fourth-order valence-corrected chi connectivity index (χ4v) is 2.19. The molecule has 0 aliphatic carbocycles. The molecule has 0 radical (unpaired) electrons. The van der Waals surface area contributed by atoms with Crippen LogP contribution in [0.25, 0.3) is 6.08 Å². The van der Waals surface area contributed by atoms with E-state index in [9.17, 15) is 4.79 Å². The number of halogens is 1. The molecule has 3 rings (SSSR count). The predicted molar refractivity (Wildman–Crippen MR) is 87.6 cm³/mol. The smallest absolute Gasteiger partial charge is 0.312 e. The Kier molecular flexibility index (Phi) is 4.17. The summed E-state index contributed by atoms with van der Waals surface area (Å²) in [6.45, 7) is 0. The second-order valence-electron chi connectivity index (χ2n) is 4.68. The minimum Gasteiger partial charge on any atom is -0.312 e. The lowest BCUT2D eigenvalue weighted by atomic mass is 10.0. The maximum absolute atomic E-state index is 11.8. The molecule has 4 heteroatoms.